The summed E-state index contributed by atoms with van der Waals surface area (Å²) in [6, 6.07) is 10.8. The molecule has 0 aromatic heterocycles. The van der Waals surface area contributed by atoms with Crippen molar-refractivity contribution in [3.8, 4) is 11.8 Å². The van der Waals surface area contributed by atoms with Crippen LogP contribution in [0.25, 0.3) is 0 Å². The predicted molar refractivity (Wildman–Crippen MR) is 71.8 cm³/mol. The van der Waals surface area contributed by atoms with Crippen molar-refractivity contribution in [2.24, 2.45) is 0 Å². The number of likely N-dealkylation sites (N-methyl/N-ethyl adjacent to an activating group) is 1. The number of rotatable bonds is 2. The van der Waals surface area contributed by atoms with E-state index in [1.807, 2.05) is 25.2 Å². The highest BCUT2D eigenvalue weighted by Crippen LogP contribution is 2.08. The quantitative estimate of drug-likeness (QED) is 0.775. The monoisotopic (exact) mass is 228 g/mol. The molecule has 1 aliphatic rings. The first-order valence-corrected chi connectivity index (χ1v) is 6.32. The predicted octanol–water partition coefficient (Wildman–Crippen LogP) is 1.72. The number of likely N-dealkylation sites (tertiary alicyclic amines) is 1. The van der Waals surface area contributed by atoms with Gasteiger partial charge >= 0.3 is 0 Å². The third kappa shape index (κ3) is 3.89. The van der Waals surface area contributed by atoms with Gasteiger partial charge in [0.25, 0.3) is 0 Å². The topological polar surface area (TPSA) is 15.3 Å². The van der Waals surface area contributed by atoms with Gasteiger partial charge in [-0.3, -0.25) is 4.90 Å². The zero-order valence-electron chi connectivity index (χ0n) is 10.4. The van der Waals surface area contributed by atoms with Crippen LogP contribution in [0.5, 0.6) is 0 Å². The van der Waals surface area contributed by atoms with Crippen LogP contribution in [0.4, 0.5) is 0 Å². The minimum absolute atomic E-state index is 0.641. The average molecular weight is 228 g/mol. The Morgan fingerprint density at radius 1 is 1.35 bits per heavy atom. The van der Waals surface area contributed by atoms with Crippen molar-refractivity contribution in [3.63, 3.8) is 0 Å². The molecule has 0 radical (unpaired) electrons. The molecule has 2 heteroatoms. The molecule has 1 N–H and O–H groups in total. The molecule has 1 heterocycles. The Hall–Kier alpha value is -1.30. The Morgan fingerprint density at radius 3 is 2.94 bits per heavy atom. The maximum absolute atomic E-state index is 3.35. The number of piperidine rings is 1. The van der Waals surface area contributed by atoms with Crippen LogP contribution in [0.3, 0.4) is 0 Å². The first kappa shape index (κ1) is 12.2. The van der Waals surface area contributed by atoms with Gasteiger partial charge in [-0.15, -0.1) is 0 Å². The zero-order valence-corrected chi connectivity index (χ0v) is 10.4. The molecule has 1 aromatic rings. The van der Waals surface area contributed by atoms with Gasteiger partial charge in [-0.2, -0.15) is 0 Å². The third-order valence-corrected chi connectivity index (χ3v) is 3.22. The van der Waals surface area contributed by atoms with Crippen molar-refractivity contribution in [1.29, 1.82) is 0 Å². The van der Waals surface area contributed by atoms with Crippen molar-refractivity contribution < 1.29 is 0 Å². The summed E-state index contributed by atoms with van der Waals surface area (Å²) in [6.45, 7) is 3.19. The van der Waals surface area contributed by atoms with E-state index in [-0.39, 0.29) is 0 Å². The first-order valence-electron chi connectivity index (χ1n) is 6.32. The summed E-state index contributed by atoms with van der Waals surface area (Å²) in [4.78, 5) is 2.43. The molecule has 0 aliphatic carbocycles. The lowest BCUT2D eigenvalue weighted by Crippen LogP contribution is -2.44. The van der Waals surface area contributed by atoms with E-state index >= 15 is 0 Å². The second-order valence-corrected chi connectivity index (χ2v) is 4.53. The molecule has 1 aliphatic heterocycles. The van der Waals surface area contributed by atoms with Crippen molar-refractivity contribution in [2.75, 3.05) is 26.7 Å². The zero-order chi connectivity index (χ0) is 11.9. The van der Waals surface area contributed by atoms with E-state index in [1.165, 1.54) is 19.4 Å². The highest BCUT2D eigenvalue weighted by atomic mass is 15.2. The van der Waals surface area contributed by atoms with E-state index in [0.29, 0.717) is 6.04 Å². The summed E-state index contributed by atoms with van der Waals surface area (Å²) in [5, 5.41) is 3.35. The fourth-order valence-electron chi connectivity index (χ4n) is 2.21. The summed E-state index contributed by atoms with van der Waals surface area (Å²) >= 11 is 0. The minimum Gasteiger partial charge on any atom is -0.316 e. The van der Waals surface area contributed by atoms with Gasteiger partial charge in [0.15, 0.2) is 0 Å². The Morgan fingerprint density at radius 2 is 2.18 bits per heavy atom. The number of nitrogens with zero attached hydrogens (tertiary/aromatic N) is 1. The van der Waals surface area contributed by atoms with Crippen molar-refractivity contribution in [1.82, 2.24) is 10.2 Å². The van der Waals surface area contributed by atoms with Crippen LogP contribution in [0.2, 0.25) is 0 Å². The number of hydrogen-bond acceptors (Lipinski definition) is 2. The molecule has 1 aromatic carbocycles. The standard InChI is InChI=1S/C15H20N2/c1-16-15-10-6-12-17(13-15)11-5-9-14-7-3-2-4-8-14/h2-4,7-8,15-16H,6,10-13H2,1H3. The lowest BCUT2D eigenvalue weighted by atomic mass is 10.1. The van der Waals surface area contributed by atoms with Gasteiger partial charge in [0.2, 0.25) is 0 Å². The molecule has 17 heavy (non-hydrogen) atoms. The molecule has 0 bridgehead atoms. The molecule has 1 fully saturated rings. The van der Waals surface area contributed by atoms with E-state index in [0.717, 1.165) is 18.7 Å². The van der Waals surface area contributed by atoms with Crippen LogP contribution in [-0.2, 0) is 0 Å². The van der Waals surface area contributed by atoms with Gasteiger partial charge in [0, 0.05) is 18.2 Å². The lowest BCUT2D eigenvalue weighted by molar-refractivity contribution is 0.216. The smallest absolute Gasteiger partial charge is 0.0605 e. The Labute approximate surface area is 104 Å². The molecule has 1 saturated heterocycles. The Bertz CT molecular complexity index is 388. The number of nitrogens with one attached hydrogen (secondary N) is 1. The largest absolute Gasteiger partial charge is 0.316 e. The summed E-state index contributed by atoms with van der Waals surface area (Å²) in [5.41, 5.74) is 1.11. The summed E-state index contributed by atoms with van der Waals surface area (Å²) in [5.74, 6) is 6.48. The Kier molecular flexibility index (Phi) is 4.61. The second-order valence-electron chi connectivity index (χ2n) is 4.53. The van der Waals surface area contributed by atoms with Gasteiger partial charge in [0.05, 0.1) is 6.54 Å². The average Bonchev–Trinajstić information content (AvgIpc) is 2.40. The highest BCUT2D eigenvalue weighted by molar-refractivity contribution is 5.33. The normalized spacial score (nSPS) is 20.6. The maximum Gasteiger partial charge on any atom is 0.0605 e. The Balaban J connectivity index is 1.84. The number of hydrogen-bond donors (Lipinski definition) is 1. The SMILES string of the molecule is CNC1CCCN(CC#Cc2ccccc2)C1. The fraction of sp³-hybridized carbons (Fsp3) is 0.467. The van der Waals surface area contributed by atoms with E-state index < -0.39 is 0 Å². The molecular formula is C15H20N2. The maximum atomic E-state index is 3.35. The van der Waals surface area contributed by atoms with Crippen LogP contribution >= 0.6 is 0 Å². The number of benzene rings is 1. The second kappa shape index (κ2) is 6.44. The molecule has 2 rings (SSSR count). The lowest BCUT2D eigenvalue weighted by Gasteiger charge is -2.30. The van der Waals surface area contributed by atoms with Gasteiger partial charge in [-0.05, 0) is 38.6 Å². The minimum atomic E-state index is 0.641. The first-order chi connectivity index (χ1) is 8.38. The summed E-state index contributed by atoms with van der Waals surface area (Å²) in [7, 11) is 2.05. The van der Waals surface area contributed by atoms with Crippen LogP contribution in [0.1, 0.15) is 18.4 Å². The van der Waals surface area contributed by atoms with Crippen LogP contribution < -0.4 is 5.32 Å². The molecule has 0 saturated carbocycles. The molecule has 2 nitrogen and oxygen atoms in total. The van der Waals surface area contributed by atoms with Crippen LogP contribution in [-0.4, -0.2) is 37.6 Å². The van der Waals surface area contributed by atoms with Gasteiger partial charge in [-0.25, -0.2) is 0 Å². The van der Waals surface area contributed by atoms with Gasteiger partial charge in [0.1, 0.15) is 0 Å². The summed E-state index contributed by atoms with van der Waals surface area (Å²) < 4.78 is 0. The van der Waals surface area contributed by atoms with E-state index in [9.17, 15) is 0 Å². The van der Waals surface area contributed by atoms with E-state index in [2.05, 4.69) is 34.2 Å². The van der Waals surface area contributed by atoms with Crippen LogP contribution in [0.15, 0.2) is 30.3 Å². The van der Waals surface area contributed by atoms with Crippen LogP contribution in [0, 0.1) is 11.8 Å². The molecule has 0 amide bonds. The van der Waals surface area contributed by atoms with Gasteiger partial charge in [-0.1, -0.05) is 30.0 Å². The molecule has 1 atom stereocenters. The third-order valence-electron chi connectivity index (χ3n) is 3.22. The summed E-state index contributed by atoms with van der Waals surface area (Å²) in [6.07, 6.45) is 2.57. The molecule has 1 unspecified atom stereocenters. The van der Waals surface area contributed by atoms with E-state index in [1.54, 1.807) is 0 Å². The fourth-order valence-corrected chi connectivity index (χ4v) is 2.21. The van der Waals surface area contributed by atoms with Crippen molar-refractivity contribution in [3.05, 3.63) is 35.9 Å². The van der Waals surface area contributed by atoms with Crippen molar-refractivity contribution in [2.45, 2.75) is 18.9 Å². The molecular weight excluding hydrogens is 208 g/mol. The molecule has 90 valence electrons. The van der Waals surface area contributed by atoms with E-state index in [4.69, 9.17) is 0 Å². The highest BCUT2D eigenvalue weighted by Gasteiger charge is 2.16. The van der Waals surface area contributed by atoms with Gasteiger partial charge < -0.3 is 5.32 Å². The van der Waals surface area contributed by atoms with Crippen molar-refractivity contribution >= 4 is 0 Å². The molecule has 0 spiro atoms.